The Balaban J connectivity index is 1.18. The molecule has 2 aromatic heterocycles. The van der Waals surface area contributed by atoms with Crippen LogP contribution in [-0.2, 0) is 24.1 Å². The van der Waals surface area contributed by atoms with Crippen LogP contribution in [0.25, 0.3) is 11.0 Å². The Morgan fingerprint density at radius 1 is 1.08 bits per heavy atom. The van der Waals surface area contributed by atoms with Gasteiger partial charge in [0.1, 0.15) is 35.3 Å². The monoisotopic (exact) mass is 669 g/mol. The van der Waals surface area contributed by atoms with Gasteiger partial charge < -0.3 is 33.5 Å². The predicted octanol–water partition coefficient (Wildman–Crippen LogP) is 5.81. The number of imidazole rings is 1. The van der Waals surface area contributed by atoms with E-state index in [1.807, 2.05) is 12.1 Å². The molecule has 2 aliphatic heterocycles. The SMILES string of the molecule is COc1cc(C(F)(F)F)ccc1COc1cccc(N2CCN([C@H](C)c3nc4c(OC)cc(C(=O)O)cc4n3C[C@@H]3CCO3)[C@@H](C)C2)n1. The Labute approximate surface area is 275 Å². The van der Waals surface area contributed by atoms with Gasteiger partial charge in [0.2, 0.25) is 5.88 Å². The Hall–Kier alpha value is -4.56. The minimum atomic E-state index is -4.47. The second kappa shape index (κ2) is 13.5. The summed E-state index contributed by atoms with van der Waals surface area (Å²) in [5, 5.41) is 9.75. The molecule has 4 heterocycles. The minimum Gasteiger partial charge on any atom is -0.496 e. The van der Waals surface area contributed by atoms with Crippen molar-refractivity contribution in [3.63, 3.8) is 0 Å². The molecule has 1 N–H and O–H groups in total. The van der Waals surface area contributed by atoms with Gasteiger partial charge in [0.25, 0.3) is 0 Å². The van der Waals surface area contributed by atoms with Crippen LogP contribution in [0, 0.1) is 0 Å². The van der Waals surface area contributed by atoms with Crippen molar-refractivity contribution in [2.75, 3.05) is 45.4 Å². The molecule has 2 aromatic carbocycles. The van der Waals surface area contributed by atoms with Crippen LogP contribution in [0.3, 0.4) is 0 Å². The third-order valence-electron chi connectivity index (χ3n) is 9.07. The van der Waals surface area contributed by atoms with Gasteiger partial charge in [-0.25, -0.2) is 9.78 Å². The van der Waals surface area contributed by atoms with Crippen molar-refractivity contribution in [1.29, 1.82) is 0 Å². The Morgan fingerprint density at radius 2 is 1.85 bits per heavy atom. The summed E-state index contributed by atoms with van der Waals surface area (Å²) >= 11 is 0. The predicted molar refractivity (Wildman–Crippen MR) is 171 cm³/mol. The fourth-order valence-electron chi connectivity index (χ4n) is 6.39. The maximum atomic E-state index is 13.1. The van der Waals surface area contributed by atoms with E-state index in [-0.39, 0.29) is 36.1 Å². The van der Waals surface area contributed by atoms with Gasteiger partial charge in [-0.2, -0.15) is 18.2 Å². The summed E-state index contributed by atoms with van der Waals surface area (Å²) in [4.78, 5) is 26.2. The van der Waals surface area contributed by atoms with E-state index in [9.17, 15) is 23.1 Å². The summed E-state index contributed by atoms with van der Waals surface area (Å²) in [6.45, 7) is 7.56. The van der Waals surface area contributed by atoms with Crippen LogP contribution in [0.2, 0.25) is 0 Å². The fraction of sp³-hybridized carbons (Fsp3) is 0.441. The van der Waals surface area contributed by atoms with E-state index >= 15 is 0 Å². The van der Waals surface area contributed by atoms with Gasteiger partial charge in [0.05, 0.1) is 49.6 Å². The molecule has 48 heavy (non-hydrogen) atoms. The first-order valence-electron chi connectivity index (χ1n) is 15.7. The number of methoxy groups -OCH3 is 2. The van der Waals surface area contributed by atoms with Crippen LogP contribution in [-0.4, -0.2) is 83.1 Å². The number of hydrogen-bond acceptors (Lipinski definition) is 9. The molecule has 2 fully saturated rings. The number of fused-ring (bicyclic) bond motifs is 1. The number of piperazine rings is 1. The maximum absolute atomic E-state index is 13.1. The molecule has 0 bridgehead atoms. The van der Waals surface area contributed by atoms with E-state index in [4.69, 9.17) is 28.9 Å². The molecule has 0 unspecified atom stereocenters. The molecule has 2 aliphatic rings. The van der Waals surface area contributed by atoms with Crippen LogP contribution in [0.5, 0.6) is 17.4 Å². The first kappa shape index (κ1) is 33.3. The van der Waals surface area contributed by atoms with Gasteiger partial charge in [-0.15, -0.1) is 0 Å². The number of aromatic carboxylic acids is 1. The number of hydrogen-bond donors (Lipinski definition) is 1. The zero-order valence-corrected chi connectivity index (χ0v) is 27.2. The zero-order chi connectivity index (χ0) is 34.2. The van der Waals surface area contributed by atoms with Crippen molar-refractivity contribution >= 4 is 22.8 Å². The van der Waals surface area contributed by atoms with Crippen LogP contribution in [0.15, 0.2) is 48.5 Å². The summed E-state index contributed by atoms with van der Waals surface area (Å²) in [5.74, 6) is 1.35. The molecule has 0 radical (unpaired) electrons. The smallest absolute Gasteiger partial charge is 0.416 e. The molecular formula is C34H38F3N5O6. The summed E-state index contributed by atoms with van der Waals surface area (Å²) < 4.78 is 63.9. The lowest BCUT2D eigenvalue weighted by atomic mass is 10.1. The number of carboxylic acid groups (broad SMARTS) is 1. The van der Waals surface area contributed by atoms with E-state index < -0.39 is 17.7 Å². The van der Waals surface area contributed by atoms with Crippen molar-refractivity contribution in [3.8, 4) is 17.4 Å². The van der Waals surface area contributed by atoms with E-state index in [2.05, 4.69) is 28.2 Å². The lowest BCUT2D eigenvalue weighted by Crippen LogP contribution is -2.53. The van der Waals surface area contributed by atoms with Gasteiger partial charge in [-0.05, 0) is 50.6 Å². The van der Waals surface area contributed by atoms with Gasteiger partial charge in [0.15, 0.2) is 0 Å². The number of benzene rings is 2. The third kappa shape index (κ3) is 6.72. The Bertz CT molecular complexity index is 1790. The second-order valence-corrected chi connectivity index (χ2v) is 12.1. The maximum Gasteiger partial charge on any atom is 0.416 e. The standard InChI is InChI=1S/C34H38F3N5O6/c1-20-17-40(29-6-5-7-30(38-29)48-19-22-8-9-24(34(35,36)37)16-27(22)45-3)11-12-41(20)21(2)32-39-31-26(42(32)18-25-10-13-47-25)14-23(33(43)44)15-28(31)46-4/h5-9,14-16,20-21,25H,10-13,17-19H2,1-4H3,(H,43,44)/t20-,21+,25-/m0/s1. The van der Waals surface area contributed by atoms with E-state index in [0.29, 0.717) is 61.0 Å². The molecule has 0 spiro atoms. The fourth-order valence-corrected chi connectivity index (χ4v) is 6.39. The molecule has 2 saturated heterocycles. The lowest BCUT2D eigenvalue weighted by molar-refractivity contribution is -0.137. The van der Waals surface area contributed by atoms with Crippen LogP contribution in [0.1, 0.15) is 53.6 Å². The first-order valence-corrected chi connectivity index (χ1v) is 15.7. The highest BCUT2D eigenvalue weighted by molar-refractivity contribution is 5.95. The number of nitrogens with zero attached hydrogens (tertiary/aromatic N) is 5. The molecule has 11 nitrogen and oxygen atoms in total. The molecule has 0 aliphatic carbocycles. The number of carbonyl (C=O) groups is 1. The molecule has 4 aromatic rings. The molecule has 6 rings (SSSR count). The van der Waals surface area contributed by atoms with Crippen LogP contribution >= 0.6 is 0 Å². The molecule has 256 valence electrons. The van der Waals surface area contributed by atoms with Gasteiger partial charge in [-0.1, -0.05) is 12.1 Å². The van der Waals surface area contributed by atoms with Crippen molar-refractivity contribution in [3.05, 3.63) is 71.0 Å². The average molecular weight is 670 g/mol. The Morgan fingerprint density at radius 3 is 2.50 bits per heavy atom. The summed E-state index contributed by atoms with van der Waals surface area (Å²) in [6, 6.07) is 11.9. The molecular weight excluding hydrogens is 631 g/mol. The molecule has 0 amide bonds. The number of halogens is 3. The van der Waals surface area contributed by atoms with Crippen LogP contribution in [0.4, 0.5) is 19.0 Å². The largest absolute Gasteiger partial charge is 0.496 e. The molecule has 0 saturated carbocycles. The van der Waals surface area contributed by atoms with Crippen molar-refractivity contribution in [2.45, 2.75) is 57.8 Å². The van der Waals surface area contributed by atoms with E-state index in [1.54, 1.807) is 12.1 Å². The highest BCUT2D eigenvalue weighted by Crippen LogP contribution is 2.36. The highest BCUT2D eigenvalue weighted by Gasteiger charge is 2.34. The molecule has 3 atom stereocenters. The number of alkyl halides is 3. The zero-order valence-electron chi connectivity index (χ0n) is 27.2. The number of carboxylic acids is 1. The van der Waals surface area contributed by atoms with Gasteiger partial charge >= 0.3 is 12.1 Å². The number of anilines is 1. The van der Waals surface area contributed by atoms with Crippen molar-refractivity contribution in [1.82, 2.24) is 19.4 Å². The highest BCUT2D eigenvalue weighted by atomic mass is 19.4. The lowest BCUT2D eigenvalue weighted by Gasteiger charge is -2.43. The number of pyridine rings is 1. The topological polar surface area (TPSA) is 111 Å². The summed E-state index contributed by atoms with van der Waals surface area (Å²) in [7, 11) is 2.84. The summed E-state index contributed by atoms with van der Waals surface area (Å²) in [6.07, 6.45) is -3.52. The van der Waals surface area contributed by atoms with Crippen molar-refractivity contribution in [2.24, 2.45) is 0 Å². The number of aromatic nitrogens is 3. The van der Waals surface area contributed by atoms with E-state index in [1.165, 1.54) is 26.4 Å². The quantitative estimate of drug-likeness (QED) is 0.210. The van der Waals surface area contributed by atoms with Crippen LogP contribution < -0.4 is 19.1 Å². The number of rotatable bonds is 11. The third-order valence-corrected chi connectivity index (χ3v) is 9.07. The van der Waals surface area contributed by atoms with Crippen molar-refractivity contribution < 1.29 is 42.0 Å². The Kier molecular flexibility index (Phi) is 9.39. The first-order chi connectivity index (χ1) is 23.0. The van der Waals surface area contributed by atoms with E-state index in [0.717, 1.165) is 30.2 Å². The van der Waals surface area contributed by atoms with Gasteiger partial charge in [0, 0.05) is 43.9 Å². The van der Waals surface area contributed by atoms with Gasteiger partial charge in [-0.3, -0.25) is 4.90 Å². The average Bonchev–Trinajstić information content (AvgIpc) is 3.42. The summed E-state index contributed by atoms with van der Waals surface area (Å²) in [5.41, 5.74) is 1.13. The number of ether oxygens (including phenoxy) is 4. The minimum absolute atomic E-state index is 0.00883. The normalized spacial score (nSPS) is 19.2. The second-order valence-electron chi connectivity index (χ2n) is 12.1. The molecule has 14 heteroatoms.